The number of hydrogen-bond acceptors (Lipinski definition) is 4. The van der Waals surface area contributed by atoms with E-state index in [9.17, 15) is 14.7 Å². The summed E-state index contributed by atoms with van der Waals surface area (Å²) in [6, 6.07) is 15.0. The van der Waals surface area contributed by atoms with Crippen LogP contribution in [0, 0.1) is 0 Å². The van der Waals surface area contributed by atoms with Crippen LogP contribution in [0.1, 0.15) is 27.1 Å². The highest BCUT2D eigenvalue weighted by molar-refractivity contribution is 6.04. The van der Waals surface area contributed by atoms with Crippen LogP contribution in [0.2, 0.25) is 0 Å². The van der Waals surface area contributed by atoms with Crippen LogP contribution in [-0.4, -0.2) is 29.9 Å². The second-order valence-electron chi connectivity index (χ2n) is 4.60. The zero-order chi connectivity index (χ0) is 15.2. The molecule has 0 aliphatic carbocycles. The highest BCUT2D eigenvalue weighted by Crippen LogP contribution is 2.15. The minimum Gasteiger partial charge on any atom is -0.497 e. The molecular weight excluding hydrogens is 268 g/mol. The maximum absolute atomic E-state index is 12.1. The van der Waals surface area contributed by atoms with Gasteiger partial charge in [-0.25, -0.2) is 0 Å². The number of aliphatic hydroxyl groups excluding tert-OH is 1. The Morgan fingerprint density at radius 1 is 1.00 bits per heavy atom. The van der Waals surface area contributed by atoms with Crippen molar-refractivity contribution >= 4 is 11.6 Å². The summed E-state index contributed by atoms with van der Waals surface area (Å²) in [5.74, 6) is -0.103. The van der Waals surface area contributed by atoms with Gasteiger partial charge >= 0.3 is 0 Å². The highest BCUT2D eigenvalue weighted by Gasteiger charge is 2.21. The van der Waals surface area contributed by atoms with Crippen LogP contribution in [-0.2, 0) is 0 Å². The molecule has 0 aliphatic heterocycles. The largest absolute Gasteiger partial charge is 0.497 e. The quantitative estimate of drug-likeness (QED) is 0.828. The van der Waals surface area contributed by atoms with Crippen LogP contribution < -0.4 is 4.74 Å². The lowest BCUT2D eigenvalue weighted by atomic mass is 9.99. The second kappa shape index (κ2) is 6.81. The standard InChI is InChI=1S/C17H16O4/c1-21-14-9-7-13(8-10-14)17(20)16(19)11-15(18)12-5-3-2-4-6-12/h2-10,16,19H,11H2,1H3/t16-/m1/s1. The first-order valence-electron chi connectivity index (χ1n) is 6.56. The predicted molar refractivity (Wildman–Crippen MR) is 78.7 cm³/mol. The summed E-state index contributed by atoms with van der Waals surface area (Å²) in [6.07, 6.45) is -1.57. The van der Waals surface area contributed by atoms with Gasteiger partial charge in [0, 0.05) is 17.5 Å². The molecule has 0 aliphatic rings. The van der Waals surface area contributed by atoms with E-state index < -0.39 is 11.9 Å². The SMILES string of the molecule is COc1ccc(C(=O)[C@H](O)CC(=O)c2ccccc2)cc1. The van der Waals surface area contributed by atoms with Crippen molar-refractivity contribution < 1.29 is 19.4 Å². The van der Waals surface area contributed by atoms with Gasteiger partial charge in [0.2, 0.25) is 0 Å². The second-order valence-corrected chi connectivity index (χ2v) is 4.60. The predicted octanol–water partition coefficient (Wildman–Crippen LogP) is 2.51. The molecular formula is C17H16O4. The molecule has 0 saturated carbocycles. The van der Waals surface area contributed by atoms with Crippen LogP contribution in [0.15, 0.2) is 54.6 Å². The summed E-state index contributed by atoms with van der Waals surface area (Å²) in [7, 11) is 1.53. The molecule has 0 radical (unpaired) electrons. The zero-order valence-corrected chi connectivity index (χ0v) is 11.7. The number of carbonyl (C=O) groups excluding carboxylic acids is 2. The van der Waals surface area contributed by atoms with Crippen molar-refractivity contribution in [3.8, 4) is 5.75 Å². The maximum atomic E-state index is 12.1. The van der Waals surface area contributed by atoms with Gasteiger partial charge in [0.25, 0.3) is 0 Å². The molecule has 0 amide bonds. The first kappa shape index (κ1) is 14.9. The minimum atomic E-state index is -1.34. The maximum Gasteiger partial charge on any atom is 0.191 e. The Hall–Kier alpha value is -2.46. The summed E-state index contributed by atoms with van der Waals surface area (Å²) < 4.78 is 5.00. The molecule has 0 unspecified atom stereocenters. The fraction of sp³-hybridized carbons (Fsp3) is 0.176. The zero-order valence-electron chi connectivity index (χ0n) is 11.7. The van der Waals surface area contributed by atoms with Crippen LogP contribution >= 0.6 is 0 Å². The van der Waals surface area contributed by atoms with Crippen molar-refractivity contribution in [1.29, 1.82) is 0 Å². The third-order valence-electron chi connectivity index (χ3n) is 3.15. The molecule has 0 bridgehead atoms. The third-order valence-corrected chi connectivity index (χ3v) is 3.15. The Balaban J connectivity index is 2.03. The molecule has 2 aromatic carbocycles. The topological polar surface area (TPSA) is 63.6 Å². The van der Waals surface area contributed by atoms with Gasteiger partial charge in [-0.1, -0.05) is 30.3 Å². The van der Waals surface area contributed by atoms with E-state index >= 15 is 0 Å². The Morgan fingerprint density at radius 2 is 1.62 bits per heavy atom. The molecule has 2 rings (SSSR count). The number of benzene rings is 2. The highest BCUT2D eigenvalue weighted by atomic mass is 16.5. The summed E-state index contributed by atoms with van der Waals surface area (Å²) in [5, 5.41) is 9.93. The summed E-state index contributed by atoms with van der Waals surface area (Å²) >= 11 is 0. The van der Waals surface area contributed by atoms with Crippen molar-refractivity contribution in [2.24, 2.45) is 0 Å². The van der Waals surface area contributed by atoms with Gasteiger partial charge in [0.1, 0.15) is 11.9 Å². The minimum absolute atomic E-state index is 0.227. The Bertz CT molecular complexity index is 617. The van der Waals surface area contributed by atoms with Crippen LogP contribution in [0.25, 0.3) is 0 Å². The third kappa shape index (κ3) is 3.77. The van der Waals surface area contributed by atoms with E-state index in [0.717, 1.165) is 0 Å². The first-order chi connectivity index (χ1) is 10.1. The van der Waals surface area contributed by atoms with E-state index in [-0.39, 0.29) is 12.2 Å². The van der Waals surface area contributed by atoms with Crippen LogP contribution in [0.5, 0.6) is 5.75 Å². The van der Waals surface area contributed by atoms with Gasteiger partial charge < -0.3 is 9.84 Å². The number of Topliss-reactive ketones (excluding diaryl/α,β-unsaturated/α-hetero) is 2. The fourth-order valence-corrected chi connectivity index (χ4v) is 1.96. The van der Waals surface area contributed by atoms with E-state index in [2.05, 4.69) is 0 Å². The fourth-order valence-electron chi connectivity index (χ4n) is 1.96. The molecule has 1 atom stereocenters. The van der Waals surface area contributed by atoms with E-state index in [0.29, 0.717) is 16.9 Å². The number of aliphatic hydroxyl groups is 1. The van der Waals surface area contributed by atoms with Crippen LogP contribution in [0.3, 0.4) is 0 Å². The number of methoxy groups -OCH3 is 1. The van der Waals surface area contributed by atoms with Gasteiger partial charge in [-0.15, -0.1) is 0 Å². The molecule has 0 spiro atoms. The number of rotatable bonds is 6. The van der Waals surface area contributed by atoms with Gasteiger partial charge in [-0.3, -0.25) is 9.59 Å². The Labute approximate surface area is 123 Å². The van der Waals surface area contributed by atoms with Gasteiger partial charge in [-0.2, -0.15) is 0 Å². The number of ketones is 2. The van der Waals surface area contributed by atoms with Crippen molar-refractivity contribution in [2.75, 3.05) is 7.11 Å². The Kier molecular flexibility index (Phi) is 4.85. The lowest BCUT2D eigenvalue weighted by Gasteiger charge is -2.09. The molecule has 4 nitrogen and oxygen atoms in total. The molecule has 0 fully saturated rings. The van der Waals surface area contributed by atoms with E-state index in [1.807, 2.05) is 0 Å². The van der Waals surface area contributed by atoms with Gasteiger partial charge in [-0.05, 0) is 24.3 Å². The smallest absolute Gasteiger partial charge is 0.191 e. The molecule has 21 heavy (non-hydrogen) atoms. The van der Waals surface area contributed by atoms with Crippen molar-refractivity contribution in [3.05, 3.63) is 65.7 Å². The van der Waals surface area contributed by atoms with Crippen LogP contribution in [0.4, 0.5) is 0 Å². The monoisotopic (exact) mass is 284 g/mol. The molecule has 2 aromatic rings. The van der Waals surface area contributed by atoms with Gasteiger partial charge in [0.15, 0.2) is 11.6 Å². The molecule has 1 N–H and O–H groups in total. The van der Waals surface area contributed by atoms with E-state index in [4.69, 9.17) is 4.74 Å². The lowest BCUT2D eigenvalue weighted by molar-refractivity contribution is 0.0681. The van der Waals surface area contributed by atoms with E-state index in [1.165, 1.54) is 7.11 Å². The summed E-state index contributed by atoms with van der Waals surface area (Å²) in [4.78, 5) is 24.0. The molecule has 0 heterocycles. The summed E-state index contributed by atoms with van der Waals surface area (Å²) in [5.41, 5.74) is 0.836. The number of hydrogen-bond donors (Lipinski definition) is 1. The lowest BCUT2D eigenvalue weighted by Crippen LogP contribution is -2.24. The molecule has 108 valence electrons. The average Bonchev–Trinajstić information content (AvgIpc) is 2.55. The molecule has 0 saturated heterocycles. The number of carbonyl (C=O) groups is 2. The van der Waals surface area contributed by atoms with Crippen molar-refractivity contribution in [3.63, 3.8) is 0 Å². The van der Waals surface area contributed by atoms with Gasteiger partial charge in [0.05, 0.1) is 7.11 Å². The van der Waals surface area contributed by atoms with E-state index in [1.54, 1.807) is 54.6 Å². The normalized spacial score (nSPS) is 11.7. The average molecular weight is 284 g/mol. The number of ether oxygens (including phenoxy) is 1. The molecule has 4 heteroatoms. The molecule has 0 aromatic heterocycles. The van der Waals surface area contributed by atoms with Crippen molar-refractivity contribution in [2.45, 2.75) is 12.5 Å². The Morgan fingerprint density at radius 3 is 2.19 bits per heavy atom. The summed E-state index contributed by atoms with van der Waals surface area (Å²) in [6.45, 7) is 0. The van der Waals surface area contributed by atoms with Crippen molar-refractivity contribution in [1.82, 2.24) is 0 Å². The first-order valence-corrected chi connectivity index (χ1v) is 6.56.